The van der Waals surface area contributed by atoms with Gasteiger partial charge >= 0.3 is 12.1 Å². The van der Waals surface area contributed by atoms with E-state index < -0.39 is 17.7 Å². The molecule has 2 N–H and O–H groups in total. The van der Waals surface area contributed by atoms with Crippen molar-refractivity contribution < 1.29 is 24.2 Å². The van der Waals surface area contributed by atoms with Gasteiger partial charge in [0.25, 0.3) is 0 Å². The van der Waals surface area contributed by atoms with E-state index in [0.717, 1.165) is 0 Å². The summed E-state index contributed by atoms with van der Waals surface area (Å²) in [5, 5.41) is 12.2. The van der Waals surface area contributed by atoms with Gasteiger partial charge < -0.3 is 14.6 Å². The zero-order valence-corrected chi connectivity index (χ0v) is 13.5. The Balaban J connectivity index is 3.02. The molecule has 0 aliphatic heterocycles. The molecule has 1 aromatic heterocycles. The lowest BCUT2D eigenvalue weighted by Crippen LogP contribution is -2.34. The molecule has 0 radical (unpaired) electrons. The lowest BCUT2D eigenvalue weighted by atomic mass is 10.2. The minimum absolute atomic E-state index is 0.214. The molecule has 0 spiro atoms. The standard InChI is InChI=1S/C14H19NO5S/c1-8(9-6-7-10(19-5)21-9)11(12(16)17)15-13(18)20-14(2,3)4/h6-7H,1-5H3,(H,15,18)(H,16,17)/b11-8-. The topological polar surface area (TPSA) is 84.9 Å². The summed E-state index contributed by atoms with van der Waals surface area (Å²) < 4.78 is 10.1. The Bertz CT molecular complexity index is 568. The van der Waals surface area contributed by atoms with Crippen molar-refractivity contribution in [3.8, 4) is 5.06 Å². The fraction of sp³-hybridized carbons (Fsp3) is 0.429. The van der Waals surface area contributed by atoms with Gasteiger partial charge in [-0.1, -0.05) is 11.3 Å². The summed E-state index contributed by atoms with van der Waals surface area (Å²) in [5.74, 6) is -1.23. The van der Waals surface area contributed by atoms with Crippen LogP contribution < -0.4 is 10.1 Å². The van der Waals surface area contributed by atoms with Crippen LogP contribution in [0.4, 0.5) is 4.79 Å². The number of allylic oxidation sites excluding steroid dienone is 1. The molecule has 7 heteroatoms. The van der Waals surface area contributed by atoms with Gasteiger partial charge in [0, 0.05) is 4.88 Å². The van der Waals surface area contributed by atoms with Crippen LogP contribution in [0.2, 0.25) is 0 Å². The largest absolute Gasteiger partial charge is 0.487 e. The van der Waals surface area contributed by atoms with E-state index >= 15 is 0 Å². The molecule has 0 saturated heterocycles. The van der Waals surface area contributed by atoms with Gasteiger partial charge in [-0.15, -0.1) is 0 Å². The monoisotopic (exact) mass is 313 g/mol. The number of carbonyl (C=O) groups excluding carboxylic acids is 1. The summed E-state index contributed by atoms with van der Waals surface area (Å²) in [6.45, 7) is 6.72. The van der Waals surface area contributed by atoms with E-state index in [0.29, 0.717) is 15.5 Å². The highest BCUT2D eigenvalue weighted by Gasteiger charge is 2.21. The van der Waals surface area contributed by atoms with Gasteiger partial charge in [0.05, 0.1) is 7.11 Å². The molecule has 0 fully saturated rings. The molecule has 0 aliphatic rings. The number of rotatable bonds is 4. The first kappa shape index (κ1) is 17.0. The maximum absolute atomic E-state index is 11.7. The van der Waals surface area contributed by atoms with Crippen molar-refractivity contribution in [2.24, 2.45) is 0 Å². The van der Waals surface area contributed by atoms with Gasteiger partial charge in [-0.2, -0.15) is 0 Å². The number of alkyl carbamates (subject to hydrolysis) is 1. The first-order chi connectivity index (χ1) is 9.64. The van der Waals surface area contributed by atoms with Gasteiger partial charge in [-0.3, -0.25) is 5.32 Å². The van der Waals surface area contributed by atoms with Crippen LogP contribution in [0.15, 0.2) is 17.8 Å². The highest BCUT2D eigenvalue weighted by Crippen LogP contribution is 2.30. The Labute approximate surface area is 127 Å². The van der Waals surface area contributed by atoms with E-state index in [4.69, 9.17) is 9.47 Å². The smallest absolute Gasteiger partial charge is 0.412 e. The number of thiophene rings is 1. The van der Waals surface area contributed by atoms with E-state index in [2.05, 4.69) is 5.32 Å². The molecule has 21 heavy (non-hydrogen) atoms. The Morgan fingerprint density at radius 1 is 1.29 bits per heavy atom. The van der Waals surface area contributed by atoms with Crippen LogP contribution in [0.5, 0.6) is 5.06 Å². The predicted octanol–water partition coefficient (Wildman–Crippen LogP) is 3.10. The van der Waals surface area contributed by atoms with Gasteiger partial charge in [0.1, 0.15) is 11.3 Å². The summed E-state index contributed by atoms with van der Waals surface area (Å²) in [5.41, 5.74) is -0.483. The van der Waals surface area contributed by atoms with E-state index in [9.17, 15) is 14.7 Å². The lowest BCUT2D eigenvalue weighted by Gasteiger charge is -2.20. The highest BCUT2D eigenvalue weighted by atomic mass is 32.1. The summed E-state index contributed by atoms with van der Waals surface area (Å²) >= 11 is 1.29. The third kappa shape index (κ3) is 5.11. The van der Waals surface area contributed by atoms with Crippen LogP contribution in [0.3, 0.4) is 0 Å². The summed E-state index contributed by atoms with van der Waals surface area (Å²) in [6.07, 6.45) is -0.803. The second-order valence-corrected chi connectivity index (χ2v) is 6.30. The Morgan fingerprint density at radius 2 is 1.90 bits per heavy atom. The molecule has 116 valence electrons. The highest BCUT2D eigenvalue weighted by molar-refractivity contribution is 7.14. The second kappa shape index (κ2) is 6.62. The second-order valence-electron chi connectivity index (χ2n) is 5.25. The van der Waals surface area contributed by atoms with Crippen molar-refractivity contribution in [1.82, 2.24) is 5.32 Å². The molecule has 1 amide bonds. The number of amides is 1. The number of aliphatic carboxylic acids is 1. The third-order valence-corrected chi connectivity index (χ3v) is 3.53. The third-order valence-electron chi connectivity index (χ3n) is 2.37. The maximum atomic E-state index is 11.7. The first-order valence-corrected chi connectivity index (χ1v) is 7.04. The zero-order chi connectivity index (χ0) is 16.2. The van der Waals surface area contributed by atoms with Crippen molar-refractivity contribution in [3.05, 3.63) is 22.7 Å². The van der Waals surface area contributed by atoms with Crippen molar-refractivity contribution >= 4 is 29.0 Å². The molecule has 1 heterocycles. The van der Waals surface area contributed by atoms with Crippen molar-refractivity contribution in [1.29, 1.82) is 0 Å². The minimum atomic E-state index is -1.23. The molecule has 0 saturated carbocycles. The summed E-state index contributed by atoms with van der Waals surface area (Å²) in [7, 11) is 1.53. The van der Waals surface area contributed by atoms with Crippen molar-refractivity contribution in [2.45, 2.75) is 33.3 Å². The number of carbonyl (C=O) groups is 2. The fourth-order valence-electron chi connectivity index (χ4n) is 1.47. The number of methoxy groups -OCH3 is 1. The van der Waals surface area contributed by atoms with Crippen molar-refractivity contribution in [2.75, 3.05) is 7.11 Å². The summed E-state index contributed by atoms with van der Waals surface area (Å²) in [4.78, 5) is 23.8. The number of carboxylic acid groups (broad SMARTS) is 1. The van der Waals surface area contributed by atoms with Crippen LogP contribution in [0.1, 0.15) is 32.6 Å². The summed E-state index contributed by atoms with van der Waals surface area (Å²) in [6, 6.07) is 3.47. The molecule has 0 atom stereocenters. The van der Waals surface area contributed by atoms with Crippen LogP contribution in [0, 0.1) is 0 Å². The van der Waals surface area contributed by atoms with Crippen LogP contribution >= 0.6 is 11.3 Å². The first-order valence-electron chi connectivity index (χ1n) is 6.22. The van der Waals surface area contributed by atoms with Gasteiger partial charge in [0.15, 0.2) is 5.06 Å². The van der Waals surface area contributed by atoms with Crippen LogP contribution in [-0.2, 0) is 9.53 Å². The number of hydrogen-bond acceptors (Lipinski definition) is 5. The molecule has 0 bridgehead atoms. The lowest BCUT2D eigenvalue weighted by molar-refractivity contribution is -0.133. The van der Waals surface area contributed by atoms with Gasteiger partial charge in [-0.25, -0.2) is 9.59 Å². The number of carboxylic acids is 1. The molecule has 6 nitrogen and oxygen atoms in total. The molecule has 0 unspecified atom stereocenters. The SMILES string of the molecule is COc1ccc(/C(C)=C(\NC(=O)OC(C)(C)C)C(=O)O)s1. The predicted molar refractivity (Wildman–Crippen MR) is 80.5 cm³/mol. The number of ether oxygens (including phenoxy) is 2. The van der Waals surface area contributed by atoms with E-state index in [1.54, 1.807) is 39.8 Å². The van der Waals surface area contributed by atoms with Gasteiger partial charge in [-0.05, 0) is 45.4 Å². The minimum Gasteiger partial charge on any atom is -0.487 e. The number of nitrogens with one attached hydrogen (secondary N) is 1. The molecular formula is C14H19NO5S. The molecule has 0 aromatic carbocycles. The van der Waals surface area contributed by atoms with E-state index in [-0.39, 0.29) is 5.70 Å². The van der Waals surface area contributed by atoms with E-state index in [1.807, 2.05) is 0 Å². The van der Waals surface area contributed by atoms with E-state index in [1.165, 1.54) is 18.4 Å². The molecule has 1 rings (SSSR count). The average Bonchev–Trinajstić information content (AvgIpc) is 2.81. The number of hydrogen-bond donors (Lipinski definition) is 2. The normalized spacial score (nSPS) is 12.4. The Morgan fingerprint density at radius 3 is 2.33 bits per heavy atom. The van der Waals surface area contributed by atoms with Crippen LogP contribution in [-0.4, -0.2) is 29.9 Å². The average molecular weight is 313 g/mol. The molecule has 0 aliphatic carbocycles. The Kier molecular flexibility index (Phi) is 5.37. The maximum Gasteiger partial charge on any atom is 0.412 e. The molecule has 1 aromatic rings. The molecular weight excluding hydrogens is 294 g/mol. The zero-order valence-electron chi connectivity index (χ0n) is 12.6. The fourth-order valence-corrected chi connectivity index (χ4v) is 2.30. The Hall–Kier alpha value is -2.02. The van der Waals surface area contributed by atoms with Crippen molar-refractivity contribution in [3.63, 3.8) is 0 Å². The van der Waals surface area contributed by atoms with Crippen LogP contribution in [0.25, 0.3) is 5.57 Å². The quantitative estimate of drug-likeness (QED) is 0.834. The van der Waals surface area contributed by atoms with Gasteiger partial charge in [0.2, 0.25) is 0 Å².